The van der Waals surface area contributed by atoms with Crippen LogP contribution in [0.15, 0.2) is 11.1 Å². The van der Waals surface area contributed by atoms with Gasteiger partial charge in [0.25, 0.3) is 0 Å². The Morgan fingerprint density at radius 1 is 1.15 bits per heavy atom. The van der Waals surface area contributed by atoms with E-state index in [0.29, 0.717) is 36.7 Å². The number of allylic oxidation sites excluding steroid dienone is 2. The average molecular weight is 276 g/mol. The van der Waals surface area contributed by atoms with Crippen molar-refractivity contribution in [3.05, 3.63) is 11.1 Å². The van der Waals surface area contributed by atoms with Gasteiger partial charge in [-0.25, -0.2) is 0 Å². The summed E-state index contributed by atoms with van der Waals surface area (Å²) in [5, 5.41) is 0. The van der Waals surface area contributed by atoms with E-state index in [9.17, 15) is 9.59 Å². The molecule has 0 unspecified atom stereocenters. The Kier molecular flexibility index (Phi) is 3.96. The first-order chi connectivity index (χ1) is 9.22. The number of hydrogen-bond donors (Lipinski definition) is 0. The molecular formula is C18H28O2. The highest BCUT2D eigenvalue weighted by atomic mass is 16.1. The fourth-order valence-electron chi connectivity index (χ4n) is 4.67. The molecule has 0 aromatic heterocycles. The van der Waals surface area contributed by atoms with E-state index in [2.05, 4.69) is 27.7 Å². The van der Waals surface area contributed by atoms with Gasteiger partial charge in [-0.05, 0) is 42.1 Å². The molecule has 2 atom stereocenters. The van der Waals surface area contributed by atoms with E-state index in [1.807, 2.05) is 6.92 Å². The topological polar surface area (TPSA) is 34.1 Å². The maximum absolute atomic E-state index is 12.4. The zero-order valence-electron chi connectivity index (χ0n) is 13.6. The zero-order valence-corrected chi connectivity index (χ0v) is 13.6. The number of rotatable bonds is 3. The molecule has 2 aliphatic rings. The molecule has 0 bridgehead atoms. The quantitative estimate of drug-likeness (QED) is 0.761. The molecule has 0 amide bonds. The van der Waals surface area contributed by atoms with Crippen LogP contribution in [-0.2, 0) is 9.59 Å². The standard InChI is InChI=1S/C18H28O2/c1-6-7-8-14-12(2)15(20)9-16-17(3,4)10-13(19)11-18(14,16)5/h16H,6-11H2,1-5H3/t16-,18+/m0/s1. The van der Waals surface area contributed by atoms with Crippen molar-refractivity contribution in [2.75, 3.05) is 0 Å². The van der Waals surface area contributed by atoms with Crippen molar-refractivity contribution < 1.29 is 9.59 Å². The van der Waals surface area contributed by atoms with Crippen molar-refractivity contribution in [2.24, 2.45) is 16.7 Å². The third-order valence-electron chi connectivity index (χ3n) is 5.66. The lowest BCUT2D eigenvalue weighted by Crippen LogP contribution is -2.50. The van der Waals surface area contributed by atoms with Crippen LogP contribution in [0.3, 0.4) is 0 Å². The lowest BCUT2D eigenvalue weighted by molar-refractivity contribution is -0.136. The molecule has 0 saturated heterocycles. The minimum Gasteiger partial charge on any atom is -0.300 e. The minimum absolute atomic E-state index is 0.0576. The fraction of sp³-hybridized carbons (Fsp3) is 0.778. The Hall–Kier alpha value is -0.920. The highest BCUT2D eigenvalue weighted by molar-refractivity contribution is 5.98. The summed E-state index contributed by atoms with van der Waals surface area (Å²) >= 11 is 0. The summed E-state index contributed by atoms with van der Waals surface area (Å²) in [7, 11) is 0. The second-order valence-corrected chi connectivity index (χ2v) is 7.69. The van der Waals surface area contributed by atoms with Gasteiger partial charge in [0, 0.05) is 19.3 Å². The van der Waals surface area contributed by atoms with Gasteiger partial charge in [0.2, 0.25) is 0 Å². The number of hydrogen-bond acceptors (Lipinski definition) is 2. The summed E-state index contributed by atoms with van der Waals surface area (Å²) in [6, 6.07) is 0. The van der Waals surface area contributed by atoms with Crippen LogP contribution in [0.2, 0.25) is 0 Å². The van der Waals surface area contributed by atoms with Gasteiger partial charge < -0.3 is 0 Å². The first-order valence-corrected chi connectivity index (χ1v) is 7.97. The molecule has 2 heteroatoms. The number of carbonyl (C=O) groups excluding carboxylic acids is 2. The lowest BCUT2D eigenvalue weighted by Gasteiger charge is -2.54. The smallest absolute Gasteiger partial charge is 0.158 e. The van der Waals surface area contributed by atoms with E-state index in [4.69, 9.17) is 0 Å². The van der Waals surface area contributed by atoms with Gasteiger partial charge in [-0.15, -0.1) is 0 Å². The van der Waals surface area contributed by atoms with E-state index in [0.717, 1.165) is 24.8 Å². The minimum atomic E-state index is -0.0913. The lowest BCUT2D eigenvalue weighted by atomic mass is 9.49. The predicted molar refractivity (Wildman–Crippen MR) is 81.5 cm³/mol. The monoisotopic (exact) mass is 276 g/mol. The molecule has 0 aromatic carbocycles. The highest BCUT2D eigenvalue weighted by Gasteiger charge is 2.54. The molecule has 1 saturated carbocycles. The number of fused-ring (bicyclic) bond motifs is 1. The van der Waals surface area contributed by atoms with Crippen LogP contribution in [0, 0.1) is 16.7 Å². The van der Waals surface area contributed by atoms with Crippen molar-refractivity contribution >= 4 is 11.6 Å². The Bertz CT molecular complexity index is 470. The van der Waals surface area contributed by atoms with Gasteiger partial charge in [0.05, 0.1) is 0 Å². The summed E-state index contributed by atoms with van der Waals surface area (Å²) in [6.07, 6.45) is 5.09. The van der Waals surface area contributed by atoms with E-state index in [1.54, 1.807) is 0 Å². The van der Waals surface area contributed by atoms with Crippen molar-refractivity contribution in [2.45, 2.75) is 73.1 Å². The molecule has 20 heavy (non-hydrogen) atoms. The summed E-state index contributed by atoms with van der Waals surface area (Å²) in [5.41, 5.74) is 2.08. The normalized spacial score (nSPS) is 33.4. The van der Waals surface area contributed by atoms with Gasteiger partial charge in [-0.2, -0.15) is 0 Å². The molecule has 112 valence electrons. The second-order valence-electron chi connectivity index (χ2n) is 7.69. The van der Waals surface area contributed by atoms with Crippen molar-refractivity contribution in [3.8, 4) is 0 Å². The average Bonchev–Trinajstić information content (AvgIpc) is 2.31. The summed E-state index contributed by atoms with van der Waals surface area (Å²) in [5.74, 6) is 0.988. The van der Waals surface area contributed by atoms with Crippen LogP contribution in [0.5, 0.6) is 0 Å². The van der Waals surface area contributed by atoms with Gasteiger partial charge >= 0.3 is 0 Å². The molecule has 0 aliphatic heterocycles. The molecule has 0 N–H and O–H groups in total. The van der Waals surface area contributed by atoms with Gasteiger partial charge in [-0.3, -0.25) is 9.59 Å². The van der Waals surface area contributed by atoms with Gasteiger partial charge in [0.1, 0.15) is 5.78 Å². The van der Waals surface area contributed by atoms with Crippen LogP contribution < -0.4 is 0 Å². The van der Waals surface area contributed by atoms with Crippen LogP contribution in [-0.4, -0.2) is 11.6 Å². The Balaban J connectivity index is 2.49. The van der Waals surface area contributed by atoms with E-state index in [-0.39, 0.29) is 10.8 Å². The number of unbranched alkanes of at least 4 members (excludes halogenated alkanes) is 1. The van der Waals surface area contributed by atoms with Gasteiger partial charge in [-0.1, -0.05) is 39.7 Å². The molecule has 0 radical (unpaired) electrons. The maximum atomic E-state index is 12.4. The van der Waals surface area contributed by atoms with E-state index >= 15 is 0 Å². The molecular weight excluding hydrogens is 248 g/mol. The van der Waals surface area contributed by atoms with Crippen LogP contribution in [0.4, 0.5) is 0 Å². The Morgan fingerprint density at radius 2 is 1.80 bits per heavy atom. The fourth-order valence-corrected chi connectivity index (χ4v) is 4.67. The maximum Gasteiger partial charge on any atom is 0.158 e. The first kappa shape index (κ1) is 15.5. The van der Waals surface area contributed by atoms with E-state index in [1.165, 1.54) is 5.57 Å². The summed E-state index contributed by atoms with van der Waals surface area (Å²) in [4.78, 5) is 24.6. The van der Waals surface area contributed by atoms with Crippen molar-refractivity contribution in [1.29, 1.82) is 0 Å². The Labute approximate surface area is 123 Å². The predicted octanol–water partition coefficient (Wildman–Crippen LogP) is 4.48. The van der Waals surface area contributed by atoms with Crippen LogP contribution in [0.1, 0.15) is 73.1 Å². The highest BCUT2D eigenvalue weighted by Crippen LogP contribution is 2.58. The Morgan fingerprint density at radius 3 is 2.40 bits per heavy atom. The molecule has 2 nitrogen and oxygen atoms in total. The largest absolute Gasteiger partial charge is 0.300 e. The molecule has 1 fully saturated rings. The summed E-state index contributed by atoms with van der Waals surface area (Å²) < 4.78 is 0. The third-order valence-corrected chi connectivity index (χ3v) is 5.66. The van der Waals surface area contributed by atoms with E-state index < -0.39 is 0 Å². The first-order valence-electron chi connectivity index (χ1n) is 7.97. The zero-order chi connectivity index (χ0) is 15.1. The second kappa shape index (κ2) is 5.13. The SMILES string of the molecule is CCCCC1=C(C)C(=O)C[C@H]2C(C)(C)CC(=O)C[C@]12C. The number of Topliss-reactive ketones (excluding diaryl/α,β-unsaturated/α-hetero) is 2. The molecule has 2 aliphatic carbocycles. The molecule has 2 rings (SSSR count). The number of carbonyl (C=O) groups is 2. The summed E-state index contributed by atoms with van der Waals surface area (Å²) in [6.45, 7) is 10.7. The van der Waals surface area contributed by atoms with Crippen LogP contribution in [0.25, 0.3) is 0 Å². The molecule has 0 spiro atoms. The molecule has 0 aromatic rings. The molecule has 0 heterocycles. The third kappa shape index (κ3) is 2.38. The van der Waals surface area contributed by atoms with Gasteiger partial charge in [0.15, 0.2) is 5.78 Å². The van der Waals surface area contributed by atoms with Crippen molar-refractivity contribution in [3.63, 3.8) is 0 Å². The van der Waals surface area contributed by atoms with Crippen molar-refractivity contribution in [1.82, 2.24) is 0 Å². The number of ketones is 2. The van der Waals surface area contributed by atoms with Crippen LogP contribution >= 0.6 is 0 Å².